The molecule has 5 rings (SSSR count). The average Bonchev–Trinajstić information content (AvgIpc) is 3.59. The molecule has 2 aromatic rings. The molecule has 0 radical (unpaired) electrons. The van der Waals surface area contributed by atoms with Gasteiger partial charge in [-0.2, -0.15) is 0 Å². The fourth-order valence-corrected chi connectivity index (χ4v) is 7.45. The van der Waals surface area contributed by atoms with E-state index in [9.17, 15) is 21.2 Å². The van der Waals surface area contributed by atoms with Crippen molar-refractivity contribution in [3.8, 4) is 5.88 Å². The van der Waals surface area contributed by atoms with Crippen LogP contribution in [0.25, 0.3) is 0 Å². The second-order valence-corrected chi connectivity index (χ2v) is 13.7. The molecule has 2 saturated carbocycles. The highest BCUT2D eigenvalue weighted by molar-refractivity contribution is 7.90. The van der Waals surface area contributed by atoms with Crippen molar-refractivity contribution in [3.05, 3.63) is 35.9 Å². The number of halogens is 1. The lowest BCUT2D eigenvalue weighted by Gasteiger charge is -2.37. The fourth-order valence-electron chi connectivity index (χ4n) is 4.87. The third kappa shape index (κ3) is 4.38. The molecule has 1 aliphatic heterocycles. The second-order valence-electron chi connectivity index (χ2n) is 9.43. The van der Waals surface area contributed by atoms with Gasteiger partial charge in [0.2, 0.25) is 15.9 Å². The van der Waals surface area contributed by atoms with Gasteiger partial charge in [-0.1, -0.05) is 0 Å². The molecule has 184 valence electrons. The van der Waals surface area contributed by atoms with E-state index in [0.29, 0.717) is 30.4 Å². The lowest BCUT2D eigenvalue weighted by atomic mass is 9.96. The van der Waals surface area contributed by atoms with Crippen LogP contribution in [0.5, 0.6) is 5.88 Å². The molecule has 1 aromatic heterocycles. The molecule has 12 heteroatoms. The van der Waals surface area contributed by atoms with E-state index in [2.05, 4.69) is 15.3 Å². The molecule has 3 aliphatic rings. The van der Waals surface area contributed by atoms with Crippen molar-refractivity contribution < 1.29 is 26.0 Å². The number of nitrogens with zero attached hydrogens (tertiary/aromatic N) is 3. The van der Waals surface area contributed by atoms with Gasteiger partial charge in [-0.15, -0.1) is 0 Å². The molecule has 1 saturated heterocycles. The molecule has 2 bridgehead atoms. The van der Waals surface area contributed by atoms with Crippen LogP contribution in [-0.2, 0) is 19.9 Å². The standard InChI is InChI=1S/C22H27FN4O5S2/c1-13-21(26-19-8-7-17(9-18(19)23)33(2,28)29)24-12-25-22(13)32-20-14-3-4-15(20)11-27(10-14)34(30,31)16-5-6-16/h7-9,12,14-16,20H,3-6,10-11H2,1-2H3,(H,24,25,26). The first-order valence-electron chi connectivity index (χ1n) is 11.3. The van der Waals surface area contributed by atoms with Crippen molar-refractivity contribution >= 4 is 31.4 Å². The summed E-state index contributed by atoms with van der Waals surface area (Å²) in [4.78, 5) is 8.35. The van der Waals surface area contributed by atoms with E-state index < -0.39 is 25.7 Å². The van der Waals surface area contributed by atoms with E-state index in [1.807, 2.05) is 0 Å². The minimum absolute atomic E-state index is 0.0822. The Hall–Kier alpha value is -2.31. The molecule has 0 spiro atoms. The van der Waals surface area contributed by atoms with E-state index in [4.69, 9.17) is 4.74 Å². The Morgan fingerprint density at radius 1 is 1.06 bits per heavy atom. The SMILES string of the molecule is Cc1c(Nc2ccc(S(C)(=O)=O)cc2F)ncnc1OC1C2CCC1CN(S(=O)(=O)C1CC1)C2. The summed E-state index contributed by atoms with van der Waals surface area (Å²) in [7, 11) is -6.73. The minimum atomic E-state index is -3.52. The van der Waals surface area contributed by atoms with Gasteiger partial charge in [0.05, 0.1) is 21.4 Å². The smallest absolute Gasteiger partial charge is 0.221 e. The van der Waals surface area contributed by atoms with Gasteiger partial charge in [-0.05, 0) is 50.8 Å². The first-order valence-corrected chi connectivity index (χ1v) is 14.7. The third-order valence-electron chi connectivity index (χ3n) is 6.93. The summed E-state index contributed by atoms with van der Waals surface area (Å²) in [6, 6.07) is 3.65. The summed E-state index contributed by atoms with van der Waals surface area (Å²) in [5.74, 6) is 0.187. The van der Waals surface area contributed by atoms with Crippen molar-refractivity contribution in [1.82, 2.24) is 14.3 Å². The van der Waals surface area contributed by atoms with Crippen LogP contribution in [0.4, 0.5) is 15.9 Å². The van der Waals surface area contributed by atoms with Crippen molar-refractivity contribution in [2.24, 2.45) is 11.8 Å². The van der Waals surface area contributed by atoms with Crippen LogP contribution in [0, 0.1) is 24.6 Å². The Kier molecular flexibility index (Phi) is 5.80. The molecule has 34 heavy (non-hydrogen) atoms. The van der Waals surface area contributed by atoms with E-state index in [0.717, 1.165) is 38.0 Å². The monoisotopic (exact) mass is 510 g/mol. The molecule has 1 N–H and O–H groups in total. The second kappa shape index (κ2) is 8.42. The quantitative estimate of drug-likeness (QED) is 0.604. The molecular formula is C22H27FN4O5S2. The first kappa shape index (κ1) is 23.4. The fraction of sp³-hybridized carbons (Fsp3) is 0.545. The number of benzene rings is 1. The van der Waals surface area contributed by atoms with E-state index in [1.54, 1.807) is 11.2 Å². The average molecular weight is 511 g/mol. The Morgan fingerprint density at radius 2 is 1.74 bits per heavy atom. The van der Waals surface area contributed by atoms with Crippen LogP contribution in [0.2, 0.25) is 0 Å². The van der Waals surface area contributed by atoms with Crippen LogP contribution in [-0.4, -0.2) is 61.8 Å². The van der Waals surface area contributed by atoms with Gasteiger partial charge < -0.3 is 10.1 Å². The van der Waals surface area contributed by atoms with Crippen LogP contribution < -0.4 is 10.1 Å². The number of sulfonamides is 1. The lowest BCUT2D eigenvalue weighted by Crippen LogP contribution is -2.50. The molecule has 2 aliphatic carbocycles. The predicted molar refractivity (Wildman–Crippen MR) is 124 cm³/mol. The highest BCUT2D eigenvalue weighted by Gasteiger charge is 2.50. The van der Waals surface area contributed by atoms with Crippen LogP contribution in [0.1, 0.15) is 31.2 Å². The van der Waals surface area contributed by atoms with Crippen molar-refractivity contribution in [2.75, 3.05) is 24.7 Å². The van der Waals surface area contributed by atoms with Crippen LogP contribution in [0.15, 0.2) is 29.4 Å². The maximum absolute atomic E-state index is 14.5. The number of aromatic nitrogens is 2. The van der Waals surface area contributed by atoms with Gasteiger partial charge in [-0.25, -0.2) is 35.5 Å². The maximum atomic E-state index is 14.5. The van der Waals surface area contributed by atoms with Gasteiger partial charge in [0.25, 0.3) is 0 Å². The summed E-state index contributed by atoms with van der Waals surface area (Å²) in [6.07, 6.45) is 5.51. The largest absolute Gasteiger partial charge is 0.473 e. The maximum Gasteiger partial charge on any atom is 0.221 e. The Balaban J connectivity index is 1.32. The summed E-state index contributed by atoms with van der Waals surface area (Å²) < 4.78 is 71.2. The molecule has 2 heterocycles. The van der Waals surface area contributed by atoms with Crippen LogP contribution in [0.3, 0.4) is 0 Å². The Bertz CT molecular complexity index is 1320. The number of rotatable bonds is 7. The molecule has 2 unspecified atom stereocenters. The molecule has 9 nitrogen and oxygen atoms in total. The van der Waals surface area contributed by atoms with Crippen molar-refractivity contribution in [3.63, 3.8) is 0 Å². The number of hydrogen-bond acceptors (Lipinski definition) is 8. The van der Waals surface area contributed by atoms with Crippen molar-refractivity contribution in [1.29, 1.82) is 0 Å². The molecule has 3 fully saturated rings. The van der Waals surface area contributed by atoms with Gasteiger partial charge in [0.1, 0.15) is 24.1 Å². The van der Waals surface area contributed by atoms with Crippen LogP contribution >= 0.6 is 0 Å². The molecule has 2 atom stereocenters. The van der Waals surface area contributed by atoms with Crippen molar-refractivity contribution in [2.45, 2.75) is 48.9 Å². The number of sulfone groups is 1. The zero-order valence-corrected chi connectivity index (χ0v) is 20.6. The summed E-state index contributed by atoms with van der Waals surface area (Å²) in [5.41, 5.74) is 0.667. The number of fused-ring (bicyclic) bond motifs is 2. The normalized spacial score (nSPS) is 25.3. The summed E-state index contributed by atoms with van der Waals surface area (Å²) in [5, 5.41) is 2.68. The first-order chi connectivity index (χ1) is 16.0. The molecular weight excluding hydrogens is 483 g/mol. The summed E-state index contributed by atoms with van der Waals surface area (Å²) >= 11 is 0. The highest BCUT2D eigenvalue weighted by atomic mass is 32.2. The van der Waals surface area contributed by atoms with E-state index >= 15 is 0 Å². The number of ether oxygens (including phenoxy) is 1. The van der Waals surface area contributed by atoms with E-state index in [-0.39, 0.29) is 33.8 Å². The topological polar surface area (TPSA) is 119 Å². The number of hydrogen-bond donors (Lipinski definition) is 1. The Labute approximate surface area is 198 Å². The van der Waals surface area contributed by atoms with Gasteiger partial charge in [0, 0.05) is 31.2 Å². The highest BCUT2D eigenvalue weighted by Crippen LogP contribution is 2.43. The minimum Gasteiger partial charge on any atom is -0.473 e. The molecule has 0 amide bonds. The van der Waals surface area contributed by atoms with E-state index in [1.165, 1.54) is 18.5 Å². The lowest BCUT2D eigenvalue weighted by molar-refractivity contribution is 0.0602. The number of nitrogens with one attached hydrogen (secondary N) is 1. The van der Waals surface area contributed by atoms with Gasteiger partial charge >= 0.3 is 0 Å². The summed E-state index contributed by atoms with van der Waals surface area (Å²) in [6.45, 7) is 2.69. The Morgan fingerprint density at radius 3 is 2.32 bits per heavy atom. The third-order valence-corrected chi connectivity index (χ3v) is 10.4. The van der Waals surface area contributed by atoms with Gasteiger partial charge in [-0.3, -0.25) is 0 Å². The molecule has 1 aromatic carbocycles. The zero-order chi connectivity index (χ0) is 24.3. The number of piperidine rings is 1. The number of anilines is 2. The predicted octanol–water partition coefficient (Wildman–Crippen LogP) is 2.65. The zero-order valence-electron chi connectivity index (χ0n) is 18.9. The van der Waals surface area contributed by atoms with Gasteiger partial charge in [0.15, 0.2) is 9.84 Å².